The van der Waals surface area contributed by atoms with E-state index in [0.29, 0.717) is 18.4 Å². The summed E-state index contributed by atoms with van der Waals surface area (Å²) in [6.45, 7) is 1.50. The zero-order valence-corrected chi connectivity index (χ0v) is 24.6. The summed E-state index contributed by atoms with van der Waals surface area (Å²) in [5, 5.41) is 21.5. The molecule has 0 saturated heterocycles. The number of halogens is 3. The van der Waals surface area contributed by atoms with Crippen molar-refractivity contribution in [3.63, 3.8) is 0 Å². The molecule has 3 aromatic carbocycles. The summed E-state index contributed by atoms with van der Waals surface area (Å²) in [4.78, 5) is 56.1. The Kier molecular flexibility index (Phi) is 8.16. The number of rotatable bonds is 8. The predicted octanol–water partition coefficient (Wildman–Crippen LogP) is 4.75. The first-order valence-electron chi connectivity index (χ1n) is 14.3. The Morgan fingerprint density at radius 1 is 0.915 bits per heavy atom. The second-order valence-electron chi connectivity index (χ2n) is 10.9. The van der Waals surface area contributed by atoms with Gasteiger partial charge in [-0.25, -0.2) is 27.5 Å². The van der Waals surface area contributed by atoms with Gasteiger partial charge in [-0.1, -0.05) is 24.3 Å². The van der Waals surface area contributed by atoms with Crippen molar-refractivity contribution >= 4 is 35.0 Å². The minimum Gasteiger partial charge on any atom is -0.478 e. The van der Waals surface area contributed by atoms with Crippen molar-refractivity contribution in [2.45, 2.75) is 32.4 Å². The summed E-state index contributed by atoms with van der Waals surface area (Å²) < 4.78 is 42.4. The number of aromatic carboxylic acids is 1. The van der Waals surface area contributed by atoms with Gasteiger partial charge in [-0.3, -0.25) is 14.4 Å². The Balaban J connectivity index is 1.34. The van der Waals surface area contributed by atoms with E-state index >= 15 is 0 Å². The van der Waals surface area contributed by atoms with Crippen LogP contribution in [-0.4, -0.2) is 43.4 Å². The number of aromatic nitrogens is 3. The van der Waals surface area contributed by atoms with Gasteiger partial charge in [0.1, 0.15) is 22.8 Å². The number of benzene rings is 3. The van der Waals surface area contributed by atoms with Crippen LogP contribution in [0.3, 0.4) is 0 Å². The monoisotopic (exact) mass is 642 g/mol. The zero-order valence-electron chi connectivity index (χ0n) is 24.6. The van der Waals surface area contributed by atoms with Crippen LogP contribution >= 0.6 is 0 Å². The quantitative estimate of drug-likeness (QED) is 0.190. The average Bonchev–Trinajstić information content (AvgIpc) is 3.67. The molecule has 1 atom stereocenters. The highest BCUT2D eigenvalue weighted by atomic mass is 19.2. The van der Waals surface area contributed by atoms with E-state index in [-0.39, 0.29) is 46.0 Å². The third-order valence-corrected chi connectivity index (χ3v) is 7.97. The Morgan fingerprint density at radius 2 is 1.70 bits per heavy atom. The number of carboxylic acid groups (broad SMARTS) is 1. The van der Waals surface area contributed by atoms with Crippen molar-refractivity contribution in [2.24, 2.45) is 0 Å². The maximum atomic E-state index is 14.3. The van der Waals surface area contributed by atoms with E-state index in [0.717, 1.165) is 40.0 Å². The molecule has 1 aliphatic carbocycles. The smallest absolute Gasteiger partial charge is 0.335 e. The van der Waals surface area contributed by atoms with Crippen molar-refractivity contribution in [3.8, 4) is 0 Å². The van der Waals surface area contributed by atoms with Crippen LogP contribution in [0, 0.1) is 24.4 Å². The number of amides is 3. The number of anilines is 1. The minimum atomic E-state index is -1.09. The van der Waals surface area contributed by atoms with Crippen LogP contribution in [0.5, 0.6) is 0 Å². The van der Waals surface area contributed by atoms with Gasteiger partial charge < -0.3 is 21.1 Å². The predicted molar refractivity (Wildman–Crippen MR) is 162 cm³/mol. The van der Waals surface area contributed by atoms with E-state index < -0.39 is 47.2 Å². The van der Waals surface area contributed by atoms with Gasteiger partial charge in [0.05, 0.1) is 23.5 Å². The summed E-state index contributed by atoms with van der Waals surface area (Å²) in [6, 6.07) is 12.4. The van der Waals surface area contributed by atoms with E-state index in [1.54, 1.807) is 13.0 Å². The third kappa shape index (κ3) is 6.00. The first-order valence-corrected chi connectivity index (χ1v) is 14.3. The van der Waals surface area contributed by atoms with Crippen molar-refractivity contribution in [2.75, 3.05) is 5.32 Å². The number of hydrogen-bond donors (Lipinski definition) is 4. The van der Waals surface area contributed by atoms with Crippen LogP contribution in [0.15, 0.2) is 66.9 Å². The Hall–Kier alpha value is -6.05. The summed E-state index contributed by atoms with van der Waals surface area (Å²) in [6.07, 6.45) is 2.13. The molecule has 4 N–H and O–H groups in total. The number of carboxylic acids is 1. The molecule has 2 heterocycles. The van der Waals surface area contributed by atoms with Gasteiger partial charge in [0.2, 0.25) is 0 Å². The van der Waals surface area contributed by atoms with Gasteiger partial charge in [-0.15, -0.1) is 0 Å². The number of nitrogens with zero attached hydrogens (tertiary/aromatic N) is 3. The zero-order chi connectivity index (χ0) is 33.4. The van der Waals surface area contributed by atoms with Gasteiger partial charge in [0.15, 0.2) is 17.3 Å². The standard InChI is InChI=1S/C33H25F3N6O5/c1-16-18-9-11-25(20(18)8-7-19(16)33(46)47)40-32(45)28-13-27(31(44)37-14-17-6-10-22(34)24(36)12-17)39-29-21(15-38-42(28)29)30(43)41-26-5-3-2-4-23(26)35/h2-8,10,12-13,15,25H,9,11,14H2,1H3,(H,37,44)(H,40,45)(H,41,43)(H,46,47)/t25-/m0/s1. The van der Waals surface area contributed by atoms with Crippen molar-refractivity contribution in [1.82, 2.24) is 25.2 Å². The highest BCUT2D eigenvalue weighted by Crippen LogP contribution is 2.35. The molecule has 1 aliphatic rings. The van der Waals surface area contributed by atoms with Gasteiger partial charge in [-0.2, -0.15) is 5.10 Å². The van der Waals surface area contributed by atoms with Gasteiger partial charge in [0, 0.05) is 12.6 Å². The Bertz CT molecular complexity index is 2110. The topological polar surface area (TPSA) is 155 Å². The number of fused-ring (bicyclic) bond motifs is 2. The maximum absolute atomic E-state index is 14.3. The number of hydrogen-bond acceptors (Lipinski definition) is 6. The molecule has 47 heavy (non-hydrogen) atoms. The minimum absolute atomic E-state index is 0.114. The molecule has 0 saturated carbocycles. The highest BCUT2D eigenvalue weighted by molar-refractivity contribution is 6.09. The van der Waals surface area contributed by atoms with Gasteiger partial charge in [-0.05, 0) is 72.4 Å². The van der Waals surface area contributed by atoms with E-state index in [9.17, 15) is 37.5 Å². The molecule has 0 fully saturated rings. The first kappa shape index (κ1) is 31.0. The second-order valence-corrected chi connectivity index (χ2v) is 10.9. The summed E-state index contributed by atoms with van der Waals surface area (Å²) >= 11 is 0. The number of nitrogens with one attached hydrogen (secondary N) is 3. The molecule has 5 aromatic rings. The summed E-state index contributed by atoms with van der Waals surface area (Å²) in [5.41, 5.74) is 1.69. The molecule has 2 aromatic heterocycles. The van der Waals surface area contributed by atoms with Crippen LogP contribution < -0.4 is 16.0 Å². The fraction of sp³-hybridized carbons (Fsp3) is 0.152. The number of carbonyl (C=O) groups excluding carboxylic acids is 3. The van der Waals surface area contributed by atoms with Crippen LogP contribution in [0.4, 0.5) is 18.9 Å². The van der Waals surface area contributed by atoms with E-state index in [2.05, 4.69) is 26.0 Å². The summed E-state index contributed by atoms with van der Waals surface area (Å²) in [5.74, 6) is -6.16. The van der Waals surface area contributed by atoms with Crippen LogP contribution in [0.2, 0.25) is 0 Å². The fourth-order valence-electron chi connectivity index (χ4n) is 5.57. The van der Waals surface area contributed by atoms with Crippen molar-refractivity contribution < 1.29 is 37.5 Å². The Morgan fingerprint density at radius 3 is 2.45 bits per heavy atom. The van der Waals surface area contributed by atoms with Crippen molar-refractivity contribution in [3.05, 3.63) is 129 Å². The van der Waals surface area contributed by atoms with Crippen LogP contribution in [-0.2, 0) is 13.0 Å². The molecular weight excluding hydrogens is 617 g/mol. The first-order chi connectivity index (χ1) is 22.5. The lowest BCUT2D eigenvalue weighted by atomic mass is 9.98. The second kappa shape index (κ2) is 12.4. The maximum Gasteiger partial charge on any atom is 0.335 e. The van der Waals surface area contributed by atoms with E-state index in [1.165, 1.54) is 36.4 Å². The summed E-state index contributed by atoms with van der Waals surface area (Å²) in [7, 11) is 0. The van der Waals surface area contributed by atoms with Crippen LogP contribution in [0.25, 0.3) is 5.65 Å². The SMILES string of the molecule is Cc1c(C(=O)O)ccc2c1CC[C@@H]2NC(=O)c1cc(C(=O)NCc2ccc(F)c(F)c2)nc2c(C(=O)Nc3ccccc3F)cnn12. The van der Waals surface area contributed by atoms with E-state index in [4.69, 9.17) is 0 Å². The van der Waals surface area contributed by atoms with E-state index in [1.807, 2.05) is 0 Å². The molecule has 6 rings (SSSR count). The molecule has 14 heteroatoms. The number of carbonyl (C=O) groups is 4. The molecule has 0 radical (unpaired) electrons. The lowest BCUT2D eigenvalue weighted by molar-refractivity contribution is 0.0695. The Labute approximate surface area is 264 Å². The lowest BCUT2D eigenvalue weighted by Crippen LogP contribution is -2.31. The largest absolute Gasteiger partial charge is 0.478 e. The normalized spacial score (nSPS) is 13.7. The molecule has 0 aliphatic heterocycles. The number of para-hydroxylation sites is 1. The van der Waals surface area contributed by atoms with Crippen LogP contribution in [0.1, 0.15) is 76.4 Å². The molecular formula is C33H25F3N6O5. The third-order valence-electron chi connectivity index (χ3n) is 7.97. The molecule has 238 valence electrons. The average molecular weight is 643 g/mol. The molecule has 0 unspecified atom stereocenters. The van der Waals surface area contributed by atoms with Crippen molar-refractivity contribution in [1.29, 1.82) is 0 Å². The lowest BCUT2D eigenvalue weighted by Gasteiger charge is -2.16. The molecule has 0 spiro atoms. The molecule has 3 amide bonds. The molecule has 11 nitrogen and oxygen atoms in total. The van der Waals surface area contributed by atoms with Gasteiger partial charge >= 0.3 is 5.97 Å². The highest BCUT2D eigenvalue weighted by Gasteiger charge is 2.30. The fourth-order valence-corrected chi connectivity index (χ4v) is 5.57. The molecule has 0 bridgehead atoms. The van der Waals surface area contributed by atoms with Gasteiger partial charge in [0.25, 0.3) is 17.7 Å².